The van der Waals surface area contributed by atoms with Crippen molar-refractivity contribution in [3.63, 3.8) is 0 Å². The number of aromatic amines is 1. The van der Waals surface area contributed by atoms with Crippen LogP contribution in [0.15, 0.2) is 39.8 Å². The number of nitrogens with zero attached hydrogens (tertiary/aromatic N) is 2. The maximum atomic E-state index is 12.3. The van der Waals surface area contributed by atoms with E-state index >= 15 is 0 Å². The second kappa shape index (κ2) is 6.97. The molecule has 1 aromatic carbocycles. The average molecular weight is 339 g/mol. The number of halogens is 1. The maximum Gasteiger partial charge on any atom is 0.426 e. The highest BCUT2D eigenvalue weighted by molar-refractivity contribution is 6.31. The molecule has 7 nitrogen and oxygen atoms in total. The first-order valence-corrected chi connectivity index (χ1v) is 7.70. The summed E-state index contributed by atoms with van der Waals surface area (Å²) in [4.78, 5) is 25.0. The zero-order valence-electron chi connectivity index (χ0n) is 12.4. The Bertz CT molecular complexity index is 742. The second-order valence-electron chi connectivity index (χ2n) is 5.40. The van der Waals surface area contributed by atoms with Crippen LogP contribution in [0.2, 0.25) is 5.02 Å². The molecule has 0 unspecified atom stereocenters. The molecule has 1 aliphatic rings. The van der Waals surface area contributed by atoms with Gasteiger partial charge in [0.1, 0.15) is 0 Å². The number of hydrogen-bond donors (Lipinski definition) is 1. The summed E-state index contributed by atoms with van der Waals surface area (Å²) in [6, 6.07) is 7.61. The molecule has 2 heterocycles. The number of rotatable bonds is 4. The molecule has 1 amide bonds. The first kappa shape index (κ1) is 15.8. The number of benzene rings is 1. The van der Waals surface area contributed by atoms with Crippen LogP contribution in [0, 0.1) is 0 Å². The van der Waals surface area contributed by atoms with E-state index in [-0.39, 0.29) is 18.6 Å². The van der Waals surface area contributed by atoms with Crippen molar-refractivity contribution >= 4 is 17.5 Å². The van der Waals surface area contributed by atoms with Crippen molar-refractivity contribution in [1.29, 1.82) is 0 Å². The summed E-state index contributed by atoms with van der Waals surface area (Å²) in [7, 11) is 0. The van der Waals surface area contributed by atoms with E-state index in [1.807, 2.05) is 24.3 Å². The van der Waals surface area contributed by atoms with Crippen molar-refractivity contribution in [3.05, 3.63) is 51.5 Å². The molecule has 1 atom stereocenters. The van der Waals surface area contributed by atoms with E-state index in [1.54, 1.807) is 4.90 Å². The van der Waals surface area contributed by atoms with Gasteiger partial charge in [-0.25, -0.2) is 4.79 Å². The van der Waals surface area contributed by atoms with Crippen LogP contribution in [0.3, 0.4) is 0 Å². The molecule has 1 aromatic heterocycles. The van der Waals surface area contributed by atoms with E-state index in [2.05, 4.69) is 9.79 Å². The molecule has 0 bridgehead atoms. The summed E-state index contributed by atoms with van der Waals surface area (Å²) in [5, 5.41) is 3.07. The molecule has 0 radical (unpaired) electrons. The maximum absolute atomic E-state index is 12.3. The lowest BCUT2D eigenvalue weighted by atomic mass is 10.1. The van der Waals surface area contributed by atoms with Crippen molar-refractivity contribution in [3.8, 4) is 0 Å². The summed E-state index contributed by atoms with van der Waals surface area (Å²) >= 11 is 6.17. The first-order chi connectivity index (χ1) is 11.1. The van der Waals surface area contributed by atoms with Crippen molar-refractivity contribution < 1.29 is 18.7 Å². The second-order valence-corrected chi connectivity index (χ2v) is 5.80. The van der Waals surface area contributed by atoms with E-state index in [0.29, 0.717) is 31.1 Å². The van der Waals surface area contributed by atoms with Gasteiger partial charge in [0, 0.05) is 24.5 Å². The molecule has 3 rings (SSSR count). The van der Waals surface area contributed by atoms with Gasteiger partial charge in [-0.1, -0.05) is 34.5 Å². The van der Waals surface area contributed by atoms with Crippen LogP contribution in [0.4, 0.5) is 0 Å². The summed E-state index contributed by atoms with van der Waals surface area (Å²) in [5.41, 5.74) is 0.485. The number of amides is 1. The predicted octanol–water partition coefficient (Wildman–Crippen LogP) is 0.379. The summed E-state index contributed by atoms with van der Waals surface area (Å²) in [5.74, 6) is -0.0977. The summed E-state index contributed by atoms with van der Waals surface area (Å²) < 4.78 is 11.6. The minimum absolute atomic E-state index is 0.0323. The van der Waals surface area contributed by atoms with Gasteiger partial charge >= 0.3 is 5.63 Å². The highest BCUT2D eigenvalue weighted by atomic mass is 35.5. The zero-order valence-corrected chi connectivity index (χ0v) is 13.2. The topological polar surface area (TPSA) is 79.4 Å². The number of ether oxygens (including phenoxy) is 1. The molecule has 0 spiro atoms. The van der Waals surface area contributed by atoms with Crippen molar-refractivity contribution in [2.24, 2.45) is 0 Å². The Hall–Kier alpha value is -2.12. The highest BCUT2D eigenvalue weighted by Gasteiger charge is 2.27. The van der Waals surface area contributed by atoms with Crippen molar-refractivity contribution in [2.75, 3.05) is 19.7 Å². The van der Waals surface area contributed by atoms with Gasteiger partial charge < -0.3 is 9.64 Å². The van der Waals surface area contributed by atoms with Gasteiger partial charge in [-0.2, -0.15) is 0 Å². The number of aromatic nitrogens is 2. The monoisotopic (exact) mass is 338 g/mol. The van der Waals surface area contributed by atoms with Crippen LogP contribution in [-0.2, 0) is 22.5 Å². The van der Waals surface area contributed by atoms with Crippen molar-refractivity contribution in [1.82, 2.24) is 10.2 Å². The number of hydrogen-bond acceptors (Lipinski definition) is 4. The number of morpholine rings is 1. The van der Waals surface area contributed by atoms with Gasteiger partial charge in [0.15, 0.2) is 0 Å². The lowest BCUT2D eigenvalue weighted by Crippen LogP contribution is -2.51. The smallest absolute Gasteiger partial charge is 0.374 e. The van der Waals surface area contributed by atoms with Gasteiger partial charge in [-0.3, -0.25) is 9.32 Å². The SMILES string of the molecule is O=C(C[n+]1cc(=O)o[nH]1)N1CCO[C@H](Cc2ccccc2Cl)C1. The predicted molar refractivity (Wildman–Crippen MR) is 81.0 cm³/mol. The van der Waals surface area contributed by atoms with Crippen LogP contribution < -0.4 is 10.3 Å². The molecule has 1 saturated heterocycles. The molecule has 122 valence electrons. The fourth-order valence-corrected chi connectivity index (χ4v) is 2.80. The molecule has 23 heavy (non-hydrogen) atoms. The Labute approximate surface area is 137 Å². The van der Waals surface area contributed by atoms with Crippen LogP contribution in [0.5, 0.6) is 0 Å². The Morgan fingerprint density at radius 1 is 1.43 bits per heavy atom. The average Bonchev–Trinajstić information content (AvgIpc) is 2.95. The van der Waals surface area contributed by atoms with E-state index in [0.717, 1.165) is 5.56 Å². The largest absolute Gasteiger partial charge is 0.426 e. The van der Waals surface area contributed by atoms with E-state index < -0.39 is 5.63 Å². The lowest BCUT2D eigenvalue weighted by molar-refractivity contribution is -0.751. The van der Waals surface area contributed by atoms with E-state index in [9.17, 15) is 9.59 Å². The van der Waals surface area contributed by atoms with Crippen LogP contribution in [-0.4, -0.2) is 41.9 Å². The lowest BCUT2D eigenvalue weighted by Gasteiger charge is -2.32. The molecule has 2 aromatic rings. The van der Waals surface area contributed by atoms with Gasteiger partial charge in [0.05, 0.1) is 12.7 Å². The zero-order chi connectivity index (χ0) is 16.2. The Morgan fingerprint density at radius 2 is 2.26 bits per heavy atom. The van der Waals surface area contributed by atoms with Crippen molar-refractivity contribution in [2.45, 2.75) is 19.1 Å². The van der Waals surface area contributed by atoms with E-state index in [4.69, 9.17) is 16.3 Å². The number of carbonyl (C=O) groups is 1. The number of nitrogens with one attached hydrogen (secondary N) is 1. The Kier molecular flexibility index (Phi) is 4.78. The summed E-state index contributed by atoms with van der Waals surface area (Å²) in [6.07, 6.45) is 1.76. The minimum Gasteiger partial charge on any atom is -0.374 e. The van der Waals surface area contributed by atoms with Crippen LogP contribution >= 0.6 is 11.6 Å². The molecule has 1 N–H and O–H groups in total. The molecule has 0 aliphatic carbocycles. The number of H-pyrrole nitrogens is 1. The third-order valence-corrected chi connectivity index (χ3v) is 4.10. The van der Waals surface area contributed by atoms with Crippen LogP contribution in [0.1, 0.15) is 5.56 Å². The van der Waals surface area contributed by atoms with Gasteiger partial charge in [-0.05, 0) is 16.9 Å². The quantitative estimate of drug-likeness (QED) is 0.817. The van der Waals surface area contributed by atoms with Gasteiger partial charge in [0.25, 0.3) is 18.6 Å². The van der Waals surface area contributed by atoms with Crippen LogP contribution in [0.25, 0.3) is 0 Å². The molecule has 1 fully saturated rings. The number of carbonyl (C=O) groups excluding carboxylic acids is 1. The van der Waals surface area contributed by atoms with E-state index in [1.165, 1.54) is 10.9 Å². The fraction of sp³-hybridized carbons (Fsp3) is 0.400. The molecule has 1 aliphatic heterocycles. The molecular formula is C15H17ClN3O4+. The minimum atomic E-state index is -0.517. The Balaban J connectivity index is 1.60. The standard InChI is InChI=1S/C15H16ClN3O4/c16-13-4-2-1-3-11(13)7-12-8-18(5-6-22-12)14(20)9-19-10-15(21)23-17-19/h1-4,10,12H,5-9H2/p+1/t12-/m1/s1. The fourth-order valence-electron chi connectivity index (χ4n) is 2.59. The molecule has 0 saturated carbocycles. The summed E-state index contributed by atoms with van der Waals surface area (Å²) in [6.45, 7) is 1.53. The first-order valence-electron chi connectivity index (χ1n) is 7.32. The van der Waals surface area contributed by atoms with Gasteiger partial charge in [-0.15, -0.1) is 0 Å². The molecule has 8 heteroatoms. The molecular weight excluding hydrogens is 322 g/mol. The normalized spacial score (nSPS) is 18.1. The highest BCUT2D eigenvalue weighted by Crippen LogP contribution is 2.19. The van der Waals surface area contributed by atoms with Gasteiger partial charge in [0.2, 0.25) is 0 Å². The third kappa shape index (κ3) is 4.00. The Morgan fingerprint density at radius 3 is 3.00 bits per heavy atom. The third-order valence-electron chi connectivity index (χ3n) is 3.73.